The highest BCUT2D eigenvalue weighted by molar-refractivity contribution is 9.11. The average molecular weight is 489 g/mol. The first kappa shape index (κ1) is 22.1. The number of anilines is 1. The van der Waals surface area contributed by atoms with Gasteiger partial charge in [0.2, 0.25) is 5.91 Å². The van der Waals surface area contributed by atoms with Gasteiger partial charge in [0.1, 0.15) is 0 Å². The first-order valence-electron chi connectivity index (χ1n) is 11.8. The molecule has 30 heavy (non-hydrogen) atoms. The van der Waals surface area contributed by atoms with Gasteiger partial charge in [0.25, 0.3) is 0 Å². The first-order chi connectivity index (χ1) is 14.7. The number of thiophene rings is 1. The molecule has 0 bridgehead atoms. The Bertz CT molecular complexity index is 790. The van der Waals surface area contributed by atoms with Crippen molar-refractivity contribution in [2.75, 3.05) is 5.32 Å². The van der Waals surface area contributed by atoms with E-state index in [1.54, 1.807) is 11.3 Å². The smallest absolute Gasteiger partial charge is 0.224 e. The van der Waals surface area contributed by atoms with E-state index in [1.807, 2.05) is 12.1 Å². The normalized spacial score (nSPS) is 23.8. The maximum Gasteiger partial charge on any atom is 0.224 e. The highest BCUT2D eigenvalue weighted by Gasteiger charge is 2.33. The van der Waals surface area contributed by atoms with Gasteiger partial charge < -0.3 is 5.32 Å². The minimum atomic E-state index is 0.183. The number of carbonyl (C=O) groups is 1. The second kappa shape index (κ2) is 10.9. The summed E-state index contributed by atoms with van der Waals surface area (Å²) in [7, 11) is 0. The lowest BCUT2D eigenvalue weighted by molar-refractivity contribution is -0.116. The van der Waals surface area contributed by atoms with Crippen molar-refractivity contribution in [1.82, 2.24) is 0 Å². The van der Waals surface area contributed by atoms with Crippen LogP contribution >= 0.6 is 27.3 Å². The van der Waals surface area contributed by atoms with Crippen molar-refractivity contribution in [1.29, 1.82) is 0 Å². The summed E-state index contributed by atoms with van der Waals surface area (Å²) >= 11 is 5.07. The molecule has 2 aromatic rings. The quantitative estimate of drug-likeness (QED) is 0.417. The molecule has 2 saturated carbocycles. The minimum Gasteiger partial charge on any atom is -0.318 e. The number of carbonyl (C=O) groups excluding carboxylic acids is 1. The molecule has 4 heteroatoms. The lowest BCUT2D eigenvalue weighted by atomic mass is 9.66. The number of hydrogen-bond donors (Lipinski definition) is 1. The monoisotopic (exact) mass is 487 g/mol. The van der Waals surface area contributed by atoms with E-state index >= 15 is 0 Å². The third-order valence-corrected chi connectivity index (χ3v) is 8.98. The summed E-state index contributed by atoms with van der Waals surface area (Å²) < 4.78 is 1.06. The zero-order valence-electron chi connectivity index (χ0n) is 17.8. The highest BCUT2D eigenvalue weighted by atomic mass is 79.9. The zero-order valence-corrected chi connectivity index (χ0v) is 20.2. The fourth-order valence-corrected chi connectivity index (χ4v) is 7.21. The molecule has 1 atom stereocenters. The molecular formula is C26H34BrNOS. The molecule has 0 saturated heterocycles. The zero-order chi connectivity index (χ0) is 20.8. The van der Waals surface area contributed by atoms with E-state index in [9.17, 15) is 4.79 Å². The van der Waals surface area contributed by atoms with Crippen LogP contribution in [0.5, 0.6) is 0 Å². The van der Waals surface area contributed by atoms with Gasteiger partial charge in [-0.15, -0.1) is 11.3 Å². The average Bonchev–Trinajstić information content (AvgIpc) is 3.20. The summed E-state index contributed by atoms with van der Waals surface area (Å²) in [6.45, 7) is 0. The molecule has 162 valence electrons. The van der Waals surface area contributed by atoms with E-state index in [0.717, 1.165) is 38.9 Å². The highest BCUT2D eigenvalue weighted by Crippen LogP contribution is 2.45. The summed E-state index contributed by atoms with van der Waals surface area (Å²) in [6, 6.07) is 15.1. The van der Waals surface area contributed by atoms with E-state index in [0.29, 0.717) is 6.42 Å². The molecule has 1 N–H and O–H groups in total. The van der Waals surface area contributed by atoms with E-state index in [1.165, 1.54) is 63.4 Å². The van der Waals surface area contributed by atoms with Crippen molar-refractivity contribution in [3.63, 3.8) is 0 Å². The Hall–Kier alpha value is -1.13. The summed E-state index contributed by atoms with van der Waals surface area (Å²) in [4.78, 5) is 12.6. The third kappa shape index (κ3) is 5.97. The fraction of sp³-hybridized carbons (Fsp3) is 0.577. The van der Waals surface area contributed by atoms with Gasteiger partial charge in [-0.05, 0) is 89.4 Å². The molecule has 2 aliphatic carbocycles. The molecule has 0 aliphatic heterocycles. The predicted molar refractivity (Wildman–Crippen MR) is 131 cm³/mol. The third-order valence-electron chi connectivity index (χ3n) is 7.44. The summed E-state index contributed by atoms with van der Waals surface area (Å²) in [6.07, 6.45) is 13.9. The van der Waals surface area contributed by atoms with Crippen LogP contribution in [-0.2, 0) is 4.79 Å². The Kier molecular flexibility index (Phi) is 8.06. The second-order valence-electron chi connectivity index (χ2n) is 9.27. The van der Waals surface area contributed by atoms with Crippen LogP contribution in [0.2, 0.25) is 0 Å². The number of halogens is 1. The molecule has 2 nitrogen and oxygen atoms in total. The molecule has 1 amide bonds. The van der Waals surface area contributed by atoms with Gasteiger partial charge in [-0.3, -0.25) is 4.79 Å². The molecule has 2 aliphatic rings. The van der Waals surface area contributed by atoms with Crippen LogP contribution in [0.4, 0.5) is 5.00 Å². The van der Waals surface area contributed by atoms with Crippen LogP contribution in [0, 0.1) is 17.8 Å². The lowest BCUT2D eigenvalue weighted by Gasteiger charge is -2.39. The first-order valence-corrected chi connectivity index (χ1v) is 13.4. The molecule has 4 rings (SSSR count). The van der Waals surface area contributed by atoms with E-state index < -0.39 is 0 Å². The van der Waals surface area contributed by atoms with Gasteiger partial charge in [0.15, 0.2) is 0 Å². The van der Waals surface area contributed by atoms with Gasteiger partial charge in [0.05, 0.1) is 8.79 Å². The minimum absolute atomic E-state index is 0.183. The molecular weight excluding hydrogens is 454 g/mol. The Morgan fingerprint density at radius 3 is 2.30 bits per heavy atom. The number of hydrogen-bond acceptors (Lipinski definition) is 2. The molecule has 1 aromatic heterocycles. The van der Waals surface area contributed by atoms with Crippen molar-refractivity contribution in [2.24, 2.45) is 17.8 Å². The van der Waals surface area contributed by atoms with Gasteiger partial charge >= 0.3 is 0 Å². The van der Waals surface area contributed by atoms with Gasteiger partial charge in [-0.1, -0.05) is 62.4 Å². The lowest BCUT2D eigenvalue weighted by Crippen LogP contribution is -2.29. The molecule has 1 unspecified atom stereocenters. The Labute approximate surface area is 194 Å². The molecule has 2 fully saturated rings. The maximum absolute atomic E-state index is 12.6. The topological polar surface area (TPSA) is 29.1 Å². The standard InChI is InChI=1S/C26H34BrNOS/c27-24-16-18-26(30-24)28-25(29)17-15-23(21-9-5-2-6-10-21)22-13-11-20(12-14-22)19-7-3-1-4-8-19/h1,3-4,7-8,16,18,20-23H,2,5-6,9-15,17H2,(H,28,29). The largest absolute Gasteiger partial charge is 0.318 e. The van der Waals surface area contributed by atoms with E-state index in [4.69, 9.17) is 0 Å². The van der Waals surface area contributed by atoms with Crippen molar-refractivity contribution in [2.45, 2.75) is 76.5 Å². The Morgan fingerprint density at radius 1 is 0.933 bits per heavy atom. The van der Waals surface area contributed by atoms with Crippen LogP contribution in [0.15, 0.2) is 46.3 Å². The number of rotatable bonds is 7. The van der Waals surface area contributed by atoms with Gasteiger partial charge in [-0.25, -0.2) is 0 Å². The van der Waals surface area contributed by atoms with Gasteiger partial charge in [0, 0.05) is 6.42 Å². The maximum atomic E-state index is 12.6. The molecule has 0 spiro atoms. The van der Waals surface area contributed by atoms with Crippen LogP contribution < -0.4 is 5.32 Å². The van der Waals surface area contributed by atoms with Crippen LogP contribution in [0.3, 0.4) is 0 Å². The summed E-state index contributed by atoms with van der Waals surface area (Å²) in [5, 5.41) is 4.05. The van der Waals surface area contributed by atoms with Crippen molar-refractivity contribution < 1.29 is 4.79 Å². The number of benzene rings is 1. The van der Waals surface area contributed by atoms with Gasteiger partial charge in [-0.2, -0.15) is 0 Å². The van der Waals surface area contributed by atoms with Crippen LogP contribution in [-0.4, -0.2) is 5.91 Å². The van der Waals surface area contributed by atoms with Crippen LogP contribution in [0.25, 0.3) is 0 Å². The molecule has 0 radical (unpaired) electrons. The van der Waals surface area contributed by atoms with Crippen molar-refractivity contribution in [3.05, 3.63) is 51.8 Å². The predicted octanol–water partition coefficient (Wildman–Crippen LogP) is 8.40. The van der Waals surface area contributed by atoms with Crippen molar-refractivity contribution >= 4 is 38.2 Å². The number of amides is 1. The summed E-state index contributed by atoms with van der Waals surface area (Å²) in [5.74, 6) is 3.28. The second-order valence-corrected chi connectivity index (χ2v) is 11.7. The fourth-order valence-electron chi connectivity index (χ4n) is 5.90. The molecule has 1 heterocycles. The van der Waals surface area contributed by atoms with E-state index in [-0.39, 0.29) is 5.91 Å². The molecule has 1 aromatic carbocycles. The van der Waals surface area contributed by atoms with E-state index in [2.05, 4.69) is 51.6 Å². The number of nitrogens with one attached hydrogen (secondary N) is 1. The van der Waals surface area contributed by atoms with Crippen molar-refractivity contribution in [3.8, 4) is 0 Å². The van der Waals surface area contributed by atoms with Crippen LogP contribution in [0.1, 0.15) is 82.1 Å². The Balaban J connectivity index is 1.34. The summed E-state index contributed by atoms with van der Waals surface area (Å²) in [5.41, 5.74) is 1.52. The SMILES string of the molecule is O=C(CCC(C1CCCCC1)C1CCC(c2ccccc2)CC1)Nc1ccc(Br)s1. The Morgan fingerprint density at radius 2 is 1.63 bits per heavy atom.